The summed E-state index contributed by atoms with van der Waals surface area (Å²) in [4.78, 5) is 19.6. The van der Waals surface area contributed by atoms with Crippen molar-refractivity contribution < 1.29 is 19.3 Å². The molecule has 1 unspecified atom stereocenters. The molecule has 4 heteroatoms. The van der Waals surface area contributed by atoms with E-state index in [0.29, 0.717) is 5.75 Å². The molecule has 0 spiro atoms. The zero-order chi connectivity index (χ0) is 10.4. The molecule has 0 amide bonds. The summed E-state index contributed by atoms with van der Waals surface area (Å²) in [5.41, 5.74) is 0. The van der Waals surface area contributed by atoms with E-state index in [2.05, 4.69) is 9.78 Å². The maximum absolute atomic E-state index is 11.1. The molecule has 0 heterocycles. The number of benzene rings is 1. The minimum atomic E-state index is -0.683. The number of para-hydroxylation sites is 1. The molecule has 0 fully saturated rings. The summed E-state index contributed by atoms with van der Waals surface area (Å²) < 4.78 is 5.27. The van der Waals surface area contributed by atoms with E-state index in [4.69, 9.17) is 4.74 Å². The highest BCUT2D eigenvalue weighted by Gasteiger charge is 2.16. The standard InChI is InChI=1S/C10H12O4/c1-8(10(11)14-12-2)13-9-6-4-3-5-7-9/h3-8H,1-2H3. The average Bonchev–Trinajstić information content (AvgIpc) is 2.19. The van der Waals surface area contributed by atoms with Crippen LogP contribution < -0.4 is 4.74 Å². The molecule has 14 heavy (non-hydrogen) atoms. The van der Waals surface area contributed by atoms with Gasteiger partial charge in [0.05, 0.1) is 7.11 Å². The average molecular weight is 196 g/mol. The second kappa shape index (κ2) is 5.24. The monoisotopic (exact) mass is 196 g/mol. The van der Waals surface area contributed by atoms with Crippen molar-refractivity contribution in [1.82, 2.24) is 0 Å². The highest BCUT2D eigenvalue weighted by atomic mass is 17.2. The number of ether oxygens (including phenoxy) is 1. The van der Waals surface area contributed by atoms with Gasteiger partial charge in [-0.15, -0.1) is 0 Å². The zero-order valence-corrected chi connectivity index (χ0v) is 8.10. The van der Waals surface area contributed by atoms with Gasteiger partial charge in [0.25, 0.3) is 0 Å². The predicted octanol–water partition coefficient (Wildman–Crippen LogP) is 1.56. The van der Waals surface area contributed by atoms with Gasteiger partial charge in [-0.05, 0) is 19.1 Å². The van der Waals surface area contributed by atoms with Crippen LogP contribution in [0.3, 0.4) is 0 Å². The Morgan fingerprint density at radius 3 is 2.50 bits per heavy atom. The minimum absolute atomic E-state index is 0.559. The van der Waals surface area contributed by atoms with E-state index in [1.165, 1.54) is 7.11 Å². The van der Waals surface area contributed by atoms with Crippen molar-refractivity contribution in [3.63, 3.8) is 0 Å². The van der Waals surface area contributed by atoms with Gasteiger partial charge < -0.3 is 4.74 Å². The number of rotatable bonds is 4. The second-order valence-corrected chi connectivity index (χ2v) is 2.64. The van der Waals surface area contributed by atoms with Crippen LogP contribution >= 0.6 is 0 Å². The summed E-state index contributed by atoms with van der Waals surface area (Å²) in [6.07, 6.45) is -0.683. The number of hydrogen-bond donors (Lipinski definition) is 0. The lowest BCUT2D eigenvalue weighted by molar-refractivity contribution is -0.260. The third kappa shape index (κ3) is 3.06. The molecular formula is C10H12O4. The summed E-state index contributed by atoms with van der Waals surface area (Å²) in [5.74, 6) is 0.0596. The van der Waals surface area contributed by atoms with Crippen LogP contribution in [0.15, 0.2) is 30.3 Å². The van der Waals surface area contributed by atoms with Crippen molar-refractivity contribution in [2.75, 3.05) is 7.11 Å². The molecule has 0 saturated carbocycles. The molecule has 0 aliphatic heterocycles. The van der Waals surface area contributed by atoms with Crippen molar-refractivity contribution in [2.45, 2.75) is 13.0 Å². The molecule has 0 N–H and O–H groups in total. The van der Waals surface area contributed by atoms with E-state index in [0.717, 1.165) is 0 Å². The van der Waals surface area contributed by atoms with Gasteiger partial charge in [-0.3, -0.25) is 4.89 Å². The summed E-state index contributed by atoms with van der Waals surface area (Å²) >= 11 is 0. The van der Waals surface area contributed by atoms with Crippen molar-refractivity contribution in [1.29, 1.82) is 0 Å². The molecule has 1 aromatic rings. The molecule has 0 radical (unpaired) electrons. The molecule has 0 aliphatic rings. The lowest BCUT2D eigenvalue weighted by Gasteiger charge is -2.11. The lowest BCUT2D eigenvalue weighted by atomic mass is 10.3. The summed E-state index contributed by atoms with van der Waals surface area (Å²) in [6, 6.07) is 9.03. The van der Waals surface area contributed by atoms with Gasteiger partial charge >= 0.3 is 5.97 Å². The molecule has 0 aliphatic carbocycles. The summed E-state index contributed by atoms with van der Waals surface area (Å²) in [5, 5.41) is 0. The third-order valence-electron chi connectivity index (χ3n) is 1.55. The van der Waals surface area contributed by atoms with E-state index in [-0.39, 0.29) is 0 Å². The van der Waals surface area contributed by atoms with Crippen LogP contribution in [-0.4, -0.2) is 19.2 Å². The van der Waals surface area contributed by atoms with Crippen LogP contribution in [0.1, 0.15) is 6.92 Å². The van der Waals surface area contributed by atoms with Crippen LogP contribution in [0.4, 0.5) is 0 Å². The Balaban J connectivity index is 2.49. The van der Waals surface area contributed by atoms with Crippen LogP contribution in [0.25, 0.3) is 0 Å². The van der Waals surface area contributed by atoms with E-state index in [1.807, 2.05) is 18.2 Å². The molecule has 76 valence electrons. The predicted molar refractivity (Wildman–Crippen MR) is 49.6 cm³/mol. The SMILES string of the molecule is COOC(=O)C(C)Oc1ccccc1. The van der Waals surface area contributed by atoms with Crippen LogP contribution in [0.5, 0.6) is 5.75 Å². The fraction of sp³-hybridized carbons (Fsp3) is 0.300. The number of carbonyl (C=O) groups excluding carboxylic acids is 1. The van der Waals surface area contributed by atoms with Gasteiger partial charge in [0, 0.05) is 0 Å². The third-order valence-corrected chi connectivity index (χ3v) is 1.55. The number of hydrogen-bond acceptors (Lipinski definition) is 4. The largest absolute Gasteiger partial charge is 0.479 e. The van der Waals surface area contributed by atoms with Crippen molar-refractivity contribution in [3.8, 4) is 5.75 Å². The van der Waals surface area contributed by atoms with Crippen LogP contribution in [0.2, 0.25) is 0 Å². The van der Waals surface area contributed by atoms with Gasteiger partial charge in [-0.1, -0.05) is 18.2 Å². The first-order chi connectivity index (χ1) is 6.74. The molecule has 4 nitrogen and oxygen atoms in total. The first kappa shape index (κ1) is 10.5. The van der Waals surface area contributed by atoms with Crippen LogP contribution in [-0.2, 0) is 14.6 Å². The van der Waals surface area contributed by atoms with Gasteiger partial charge in [-0.2, -0.15) is 4.89 Å². The van der Waals surface area contributed by atoms with Crippen molar-refractivity contribution >= 4 is 5.97 Å². The molecular weight excluding hydrogens is 184 g/mol. The maximum Gasteiger partial charge on any atom is 0.382 e. The lowest BCUT2D eigenvalue weighted by Crippen LogP contribution is -2.25. The fourth-order valence-corrected chi connectivity index (χ4v) is 0.901. The van der Waals surface area contributed by atoms with E-state index in [9.17, 15) is 4.79 Å². The van der Waals surface area contributed by atoms with Crippen molar-refractivity contribution in [3.05, 3.63) is 30.3 Å². The molecule has 1 rings (SSSR count). The summed E-state index contributed by atoms with van der Waals surface area (Å²) in [6.45, 7) is 1.59. The molecule has 1 atom stereocenters. The number of carbonyl (C=O) groups is 1. The molecule has 0 bridgehead atoms. The first-order valence-corrected chi connectivity index (χ1v) is 4.20. The van der Waals surface area contributed by atoms with Gasteiger partial charge in [0.1, 0.15) is 5.75 Å². The summed E-state index contributed by atoms with van der Waals surface area (Å²) in [7, 11) is 1.27. The zero-order valence-electron chi connectivity index (χ0n) is 8.10. The Bertz CT molecular complexity index is 283. The maximum atomic E-state index is 11.1. The minimum Gasteiger partial charge on any atom is -0.479 e. The first-order valence-electron chi connectivity index (χ1n) is 4.20. The van der Waals surface area contributed by atoms with E-state index < -0.39 is 12.1 Å². The Kier molecular flexibility index (Phi) is 3.94. The molecule has 1 aromatic carbocycles. The van der Waals surface area contributed by atoms with Gasteiger partial charge in [0.15, 0.2) is 6.10 Å². The van der Waals surface area contributed by atoms with Crippen LogP contribution in [0, 0.1) is 0 Å². The molecule has 0 aromatic heterocycles. The second-order valence-electron chi connectivity index (χ2n) is 2.64. The van der Waals surface area contributed by atoms with E-state index >= 15 is 0 Å². The smallest absolute Gasteiger partial charge is 0.382 e. The Hall–Kier alpha value is -1.55. The Morgan fingerprint density at radius 2 is 1.93 bits per heavy atom. The molecule has 0 saturated heterocycles. The van der Waals surface area contributed by atoms with Crippen molar-refractivity contribution in [2.24, 2.45) is 0 Å². The van der Waals surface area contributed by atoms with Gasteiger partial charge in [-0.25, -0.2) is 4.79 Å². The topological polar surface area (TPSA) is 44.8 Å². The Labute approximate surface area is 82.3 Å². The Morgan fingerprint density at radius 1 is 1.29 bits per heavy atom. The van der Waals surface area contributed by atoms with Gasteiger partial charge in [0.2, 0.25) is 0 Å². The normalized spacial score (nSPS) is 11.9. The van der Waals surface area contributed by atoms with E-state index in [1.54, 1.807) is 19.1 Å². The fourth-order valence-electron chi connectivity index (χ4n) is 0.901. The highest BCUT2D eigenvalue weighted by Crippen LogP contribution is 2.11. The quantitative estimate of drug-likeness (QED) is 0.541. The highest BCUT2D eigenvalue weighted by molar-refractivity contribution is 5.73.